The molecule has 1 unspecified atom stereocenters. The number of amides is 1. The molecule has 19 heavy (non-hydrogen) atoms. The summed E-state index contributed by atoms with van der Waals surface area (Å²) in [6.07, 6.45) is 2.91. The fourth-order valence-corrected chi connectivity index (χ4v) is 2.46. The molecule has 1 saturated heterocycles. The van der Waals surface area contributed by atoms with E-state index in [1.165, 1.54) is 0 Å². The van der Waals surface area contributed by atoms with Crippen LogP contribution in [0.3, 0.4) is 0 Å². The van der Waals surface area contributed by atoms with E-state index in [1.54, 1.807) is 6.07 Å². The Hall–Kier alpha value is -1.73. The number of nitrogens with one attached hydrogen (secondary N) is 1. The van der Waals surface area contributed by atoms with Crippen LogP contribution in [0.1, 0.15) is 30.8 Å². The maximum Gasteiger partial charge on any atom is 0.234 e. The average molecular weight is 264 g/mol. The third-order valence-electron chi connectivity index (χ3n) is 3.34. The Kier molecular flexibility index (Phi) is 4.28. The summed E-state index contributed by atoms with van der Waals surface area (Å²) in [6.45, 7) is 3.24. The van der Waals surface area contributed by atoms with Crippen molar-refractivity contribution in [3.05, 3.63) is 17.6 Å². The number of hydrogen-bond donors (Lipinski definition) is 3. The quantitative estimate of drug-likeness (QED) is 0.518. The van der Waals surface area contributed by atoms with Gasteiger partial charge >= 0.3 is 0 Å². The molecule has 0 saturated carbocycles. The number of nitrogen functional groups attached to an aromatic ring is 1. The van der Waals surface area contributed by atoms with E-state index in [2.05, 4.69) is 15.4 Å². The molecule has 1 amide bonds. The van der Waals surface area contributed by atoms with Gasteiger partial charge in [-0.25, -0.2) is 15.8 Å². The SMILES string of the molecule is Cc1cc(NN)nc(CN2CCCCC2C(N)=O)n1. The zero-order valence-corrected chi connectivity index (χ0v) is 11.1. The highest BCUT2D eigenvalue weighted by Gasteiger charge is 2.27. The minimum Gasteiger partial charge on any atom is -0.368 e. The molecule has 0 aliphatic carbocycles. The van der Waals surface area contributed by atoms with Gasteiger partial charge in [-0.1, -0.05) is 6.42 Å². The predicted octanol–water partition coefficient (Wildman–Crippen LogP) is -0.0896. The summed E-state index contributed by atoms with van der Waals surface area (Å²) < 4.78 is 0. The van der Waals surface area contributed by atoms with Crippen LogP contribution in [-0.2, 0) is 11.3 Å². The normalized spacial score (nSPS) is 20.2. The maximum atomic E-state index is 11.5. The minimum atomic E-state index is -0.274. The number of nitrogens with zero attached hydrogens (tertiary/aromatic N) is 3. The standard InChI is InChI=1S/C12H20N6O/c1-8-6-10(17-14)16-11(15-8)7-18-5-3-2-4-9(18)12(13)19/h6,9H,2-5,7,14H2,1H3,(H2,13,19)(H,15,16,17). The van der Waals surface area contributed by atoms with Crippen molar-refractivity contribution >= 4 is 11.7 Å². The van der Waals surface area contributed by atoms with Gasteiger partial charge in [-0.2, -0.15) is 0 Å². The summed E-state index contributed by atoms with van der Waals surface area (Å²) in [4.78, 5) is 22.2. The van der Waals surface area contributed by atoms with E-state index in [4.69, 9.17) is 11.6 Å². The van der Waals surface area contributed by atoms with Crippen LogP contribution in [0, 0.1) is 6.92 Å². The van der Waals surface area contributed by atoms with Crippen molar-refractivity contribution in [1.29, 1.82) is 0 Å². The van der Waals surface area contributed by atoms with Crippen LogP contribution >= 0.6 is 0 Å². The van der Waals surface area contributed by atoms with Crippen molar-refractivity contribution in [1.82, 2.24) is 14.9 Å². The molecule has 104 valence electrons. The first-order chi connectivity index (χ1) is 9.10. The van der Waals surface area contributed by atoms with E-state index in [0.717, 1.165) is 31.5 Å². The zero-order valence-electron chi connectivity index (χ0n) is 11.1. The maximum absolute atomic E-state index is 11.5. The highest BCUT2D eigenvalue weighted by Crippen LogP contribution is 2.19. The number of likely N-dealkylation sites (tertiary alicyclic amines) is 1. The van der Waals surface area contributed by atoms with Gasteiger partial charge in [0.25, 0.3) is 0 Å². The molecular formula is C12H20N6O. The van der Waals surface area contributed by atoms with Crippen LogP contribution in [0.2, 0.25) is 0 Å². The summed E-state index contributed by atoms with van der Waals surface area (Å²) in [6, 6.07) is 1.55. The number of anilines is 1. The molecule has 7 heteroatoms. The Balaban J connectivity index is 2.14. The third kappa shape index (κ3) is 3.39. The second-order valence-corrected chi connectivity index (χ2v) is 4.84. The van der Waals surface area contributed by atoms with Crippen LogP contribution in [0.25, 0.3) is 0 Å². The number of hydrogen-bond acceptors (Lipinski definition) is 6. The Morgan fingerprint density at radius 2 is 2.32 bits per heavy atom. The number of hydrazine groups is 1. The van der Waals surface area contributed by atoms with Gasteiger partial charge in [0.05, 0.1) is 12.6 Å². The van der Waals surface area contributed by atoms with Crippen molar-refractivity contribution in [3.63, 3.8) is 0 Å². The van der Waals surface area contributed by atoms with Gasteiger partial charge in [0, 0.05) is 11.8 Å². The lowest BCUT2D eigenvalue weighted by molar-refractivity contribution is -0.124. The molecule has 0 spiro atoms. The van der Waals surface area contributed by atoms with E-state index < -0.39 is 0 Å². The van der Waals surface area contributed by atoms with Crippen LogP contribution in [0.4, 0.5) is 5.82 Å². The Morgan fingerprint density at radius 3 is 3.00 bits per heavy atom. The largest absolute Gasteiger partial charge is 0.368 e. The molecule has 1 aromatic rings. The number of carbonyl (C=O) groups excluding carboxylic acids is 1. The monoisotopic (exact) mass is 264 g/mol. The Bertz CT molecular complexity index is 464. The number of aryl methyl sites for hydroxylation is 1. The fourth-order valence-electron chi connectivity index (χ4n) is 2.46. The van der Waals surface area contributed by atoms with Crippen LogP contribution in [0.5, 0.6) is 0 Å². The fraction of sp³-hybridized carbons (Fsp3) is 0.583. The van der Waals surface area contributed by atoms with Gasteiger partial charge < -0.3 is 11.2 Å². The van der Waals surface area contributed by atoms with E-state index in [1.807, 2.05) is 11.8 Å². The number of carbonyl (C=O) groups is 1. The summed E-state index contributed by atoms with van der Waals surface area (Å²) in [5.41, 5.74) is 8.80. The van der Waals surface area contributed by atoms with E-state index in [-0.39, 0.29) is 11.9 Å². The molecule has 7 nitrogen and oxygen atoms in total. The molecule has 0 bridgehead atoms. The van der Waals surface area contributed by atoms with Gasteiger partial charge in [-0.3, -0.25) is 9.69 Å². The lowest BCUT2D eigenvalue weighted by Gasteiger charge is -2.32. The first-order valence-electron chi connectivity index (χ1n) is 6.44. The number of nitrogens with two attached hydrogens (primary N) is 2. The molecule has 1 aliphatic rings. The second kappa shape index (κ2) is 5.94. The van der Waals surface area contributed by atoms with Crippen molar-refractivity contribution in [2.75, 3.05) is 12.0 Å². The third-order valence-corrected chi connectivity index (χ3v) is 3.34. The van der Waals surface area contributed by atoms with Crippen LogP contribution in [-0.4, -0.2) is 33.4 Å². The van der Waals surface area contributed by atoms with E-state index >= 15 is 0 Å². The van der Waals surface area contributed by atoms with Crippen molar-refractivity contribution in [2.45, 2.75) is 38.8 Å². The van der Waals surface area contributed by atoms with Crippen LogP contribution < -0.4 is 17.0 Å². The molecule has 2 rings (SSSR count). The second-order valence-electron chi connectivity index (χ2n) is 4.84. The van der Waals surface area contributed by atoms with E-state index in [0.29, 0.717) is 18.2 Å². The first kappa shape index (κ1) is 13.7. The molecular weight excluding hydrogens is 244 g/mol. The minimum absolute atomic E-state index is 0.216. The van der Waals surface area contributed by atoms with Crippen LogP contribution in [0.15, 0.2) is 6.07 Å². The van der Waals surface area contributed by atoms with Gasteiger partial charge in [0.15, 0.2) is 0 Å². The number of aromatic nitrogens is 2. The summed E-state index contributed by atoms with van der Waals surface area (Å²) in [7, 11) is 0. The lowest BCUT2D eigenvalue weighted by Crippen LogP contribution is -2.47. The summed E-state index contributed by atoms with van der Waals surface area (Å²) in [5.74, 6) is 6.33. The topological polar surface area (TPSA) is 110 Å². The highest BCUT2D eigenvalue weighted by molar-refractivity contribution is 5.79. The van der Waals surface area contributed by atoms with Crippen molar-refractivity contribution in [2.24, 2.45) is 11.6 Å². The van der Waals surface area contributed by atoms with Gasteiger partial charge in [0.2, 0.25) is 5.91 Å². The molecule has 1 aromatic heterocycles. The zero-order chi connectivity index (χ0) is 13.8. The first-order valence-corrected chi connectivity index (χ1v) is 6.44. The number of primary amides is 1. The summed E-state index contributed by atoms with van der Waals surface area (Å²) in [5, 5.41) is 0. The van der Waals surface area contributed by atoms with Crippen molar-refractivity contribution in [3.8, 4) is 0 Å². The molecule has 0 aromatic carbocycles. The summed E-state index contributed by atoms with van der Waals surface area (Å²) >= 11 is 0. The lowest BCUT2D eigenvalue weighted by atomic mass is 10.0. The molecule has 2 heterocycles. The smallest absolute Gasteiger partial charge is 0.234 e. The number of rotatable bonds is 4. The van der Waals surface area contributed by atoms with Gasteiger partial charge in [-0.15, -0.1) is 0 Å². The average Bonchev–Trinajstić information content (AvgIpc) is 2.38. The highest BCUT2D eigenvalue weighted by atomic mass is 16.1. The molecule has 1 atom stereocenters. The molecule has 5 N–H and O–H groups in total. The Morgan fingerprint density at radius 1 is 1.53 bits per heavy atom. The van der Waals surface area contributed by atoms with Gasteiger partial charge in [-0.05, 0) is 26.3 Å². The molecule has 1 aliphatic heterocycles. The van der Waals surface area contributed by atoms with Crippen molar-refractivity contribution < 1.29 is 4.79 Å². The predicted molar refractivity (Wildman–Crippen MR) is 71.8 cm³/mol. The molecule has 1 fully saturated rings. The van der Waals surface area contributed by atoms with Gasteiger partial charge in [0.1, 0.15) is 11.6 Å². The molecule has 0 radical (unpaired) electrons. The van der Waals surface area contributed by atoms with E-state index in [9.17, 15) is 4.79 Å². The Labute approximate surface area is 112 Å². The number of piperidine rings is 1.